The van der Waals surface area contributed by atoms with E-state index in [4.69, 9.17) is 16.3 Å². The first-order valence-electron chi connectivity index (χ1n) is 10.1. The highest BCUT2D eigenvalue weighted by molar-refractivity contribution is 6.30. The van der Waals surface area contributed by atoms with Gasteiger partial charge in [-0.1, -0.05) is 29.8 Å². The highest BCUT2D eigenvalue weighted by Crippen LogP contribution is 2.26. The number of hydrogen-bond donors (Lipinski definition) is 2. The number of aromatic nitrogens is 1. The molecule has 1 atom stereocenters. The van der Waals surface area contributed by atoms with Crippen LogP contribution < -0.4 is 10.6 Å². The van der Waals surface area contributed by atoms with Crippen molar-refractivity contribution in [3.63, 3.8) is 0 Å². The highest BCUT2D eigenvalue weighted by Gasteiger charge is 2.24. The lowest BCUT2D eigenvalue weighted by atomic mass is 10.1. The summed E-state index contributed by atoms with van der Waals surface area (Å²) in [4.78, 5) is 30.4. The Morgan fingerprint density at radius 1 is 1.10 bits per heavy atom. The summed E-state index contributed by atoms with van der Waals surface area (Å²) in [5.41, 5.74) is 1.98. The average molecular weight is 431 g/mol. The molecule has 1 aromatic heterocycles. The van der Waals surface area contributed by atoms with Gasteiger partial charge in [-0.3, -0.25) is 19.5 Å². The normalized spacial score (nSPS) is 15.0. The lowest BCUT2D eigenvalue weighted by Crippen LogP contribution is -2.38. The zero-order valence-electron chi connectivity index (χ0n) is 16.9. The Bertz CT molecular complexity index is 828. The van der Waals surface area contributed by atoms with Gasteiger partial charge in [0.2, 0.25) is 11.8 Å². The van der Waals surface area contributed by atoms with Crippen LogP contribution in [0.5, 0.6) is 0 Å². The van der Waals surface area contributed by atoms with E-state index < -0.39 is 0 Å². The first-order valence-corrected chi connectivity index (χ1v) is 10.5. The second kappa shape index (κ2) is 11.6. The molecule has 1 unspecified atom stereocenters. The lowest BCUT2D eigenvalue weighted by Gasteiger charge is -2.28. The van der Waals surface area contributed by atoms with Crippen molar-refractivity contribution in [3.8, 4) is 0 Å². The highest BCUT2D eigenvalue weighted by atomic mass is 35.5. The summed E-state index contributed by atoms with van der Waals surface area (Å²) in [6, 6.07) is 11.5. The molecule has 1 aliphatic heterocycles. The van der Waals surface area contributed by atoms with Crippen molar-refractivity contribution < 1.29 is 14.3 Å². The number of halogens is 1. The van der Waals surface area contributed by atoms with Crippen LogP contribution in [0.1, 0.15) is 30.0 Å². The fourth-order valence-corrected chi connectivity index (χ4v) is 3.68. The molecule has 2 N–H and O–H groups in total. The maximum Gasteiger partial charge on any atom is 0.246 e. The molecule has 2 aromatic rings. The third-order valence-electron chi connectivity index (χ3n) is 4.99. The number of rotatable bonds is 10. The SMILES string of the molecule is O=C(COCC(=O)NCC(c1cccc(Cl)c1)N1CCCC1)NCc1cccnc1. The van der Waals surface area contributed by atoms with Crippen LogP contribution >= 0.6 is 11.6 Å². The predicted octanol–water partition coefficient (Wildman–Crippen LogP) is 2.32. The minimum absolute atomic E-state index is 0.0675. The number of pyridine rings is 1. The maximum atomic E-state index is 12.2. The molecule has 0 aliphatic carbocycles. The van der Waals surface area contributed by atoms with Crippen LogP contribution in [-0.4, -0.2) is 54.5 Å². The third-order valence-corrected chi connectivity index (χ3v) is 5.22. The van der Waals surface area contributed by atoms with Crippen LogP contribution in [0.2, 0.25) is 5.02 Å². The first kappa shape index (κ1) is 22.2. The van der Waals surface area contributed by atoms with Crippen molar-refractivity contribution in [3.05, 3.63) is 64.9 Å². The predicted molar refractivity (Wildman–Crippen MR) is 115 cm³/mol. The Morgan fingerprint density at radius 3 is 2.57 bits per heavy atom. The minimum atomic E-state index is -0.277. The number of likely N-dealkylation sites (tertiary alicyclic amines) is 1. The van der Waals surface area contributed by atoms with Gasteiger partial charge in [0, 0.05) is 30.5 Å². The van der Waals surface area contributed by atoms with Crippen LogP contribution in [0, 0.1) is 0 Å². The Morgan fingerprint density at radius 2 is 1.87 bits per heavy atom. The standard InChI is InChI=1S/C22H27ClN4O3/c23-19-7-3-6-18(11-19)20(27-9-1-2-10-27)14-26-22(29)16-30-15-21(28)25-13-17-5-4-8-24-12-17/h3-8,11-12,20H,1-2,9-10,13-16H2,(H,25,28)(H,26,29). The van der Waals surface area contributed by atoms with E-state index in [1.165, 1.54) is 0 Å². The van der Waals surface area contributed by atoms with Crippen molar-refractivity contribution in [2.24, 2.45) is 0 Å². The number of nitrogens with zero attached hydrogens (tertiary/aromatic N) is 2. The van der Waals surface area contributed by atoms with Gasteiger partial charge in [0.25, 0.3) is 0 Å². The molecule has 1 saturated heterocycles. The molecular weight excluding hydrogens is 404 g/mol. The molecule has 2 heterocycles. The zero-order chi connectivity index (χ0) is 21.2. The van der Waals surface area contributed by atoms with Gasteiger partial charge in [-0.25, -0.2) is 0 Å². The number of benzene rings is 1. The van der Waals surface area contributed by atoms with Crippen molar-refractivity contribution in [2.75, 3.05) is 32.8 Å². The first-order chi connectivity index (χ1) is 14.6. The maximum absolute atomic E-state index is 12.2. The Hall–Kier alpha value is -2.48. The van der Waals surface area contributed by atoms with Crippen molar-refractivity contribution in [1.82, 2.24) is 20.5 Å². The molecule has 0 spiro atoms. The summed E-state index contributed by atoms with van der Waals surface area (Å²) in [5, 5.41) is 6.34. The quantitative estimate of drug-likeness (QED) is 0.604. The van der Waals surface area contributed by atoms with Gasteiger partial charge in [0.15, 0.2) is 0 Å². The molecular formula is C22H27ClN4O3. The molecule has 3 rings (SSSR count). The van der Waals surface area contributed by atoms with E-state index in [9.17, 15) is 9.59 Å². The number of ether oxygens (including phenoxy) is 1. The fraction of sp³-hybridized carbons (Fsp3) is 0.409. The van der Waals surface area contributed by atoms with Crippen LogP contribution in [0.3, 0.4) is 0 Å². The molecule has 1 aliphatic rings. The second-order valence-corrected chi connectivity index (χ2v) is 7.69. The summed E-state index contributed by atoms with van der Waals surface area (Å²) in [6.45, 7) is 2.51. The molecule has 1 fully saturated rings. The molecule has 0 radical (unpaired) electrons. The van der Waals surface area contributed by atoms with E-state index >= 15 is 0 Å². The summed E-state index contributed by atoms with van der Waals surface area (Å²) >= 11 is 6.15. The summed E-state index contributed by atoms with van der Waals surface area (Å²) in [5.74, 6) is -0.526. The van der Waals surface area contributed by atoms with E-state index in [-0.39, 0.29) is 31.1 Å². The van der Waals surface area contributed by atoms with Crippen LogP contribution in [0.25, 0.3) is 0 Å². The molecule has 0 saturated carbocycles. The molecule has 160 valence electrons. The summed E-state index contributed by atoms with van der Waals surface area (Å²) in [7, 11) is 0. The fourth-order valence-electron chi connectivity index (χ4n) is 3.48. The van der Waals surface area contributed by atoms with Crippen molar-refractivity contribution in [2.45, 2.75) is 25.4 Å². The van der Waals surface area contributed by atoms with E-state index in [0.29, 0.717) is 18.1 Å². The molecule has 2 amide bonds. The van der Waals surface area contributed by atoms with Gasteiger partial charge in [-0.15, -0.1) is 0 Å². The van der Waals surface area contributed by atoms with E-state index in [1.807, 2.05) is 30.3 Å². The van der Waals surface area contributed by atoms with Gasteiger partial charge >= 0.3 is 0 Å². The smallest absolute Gasteiger partial charge is 0.246 e. The second-order valence-electron chi connectivity index (χ2n) is 7.25. The largest absolute Gasteiger partial charge is 0.362 e. The zero-order valence-corrected chi connectivity index (χ0v) is 17.6. The van der Waals surface area contributed by atoms with Gasteiger partial charge in [-0.05, 0) is 55.3 Å². The monoisotopic (exact) mass is 430 g/mol. The van der Waals surface area contributed by atoms with Gasteiger partial charge < -0.3 is 15.4 Å². The van der Waals surface area contributed by atoms with E-state index in [0.717, 1.165) is 37.1 Å². The molecule has 0 bridgehead atoms. The van der Waals surface area contributed by atoms with Crippen LogP contribution in [0.4, 0.5) is 0 Å². The number of hydrogen-bond acceptors (Lipinski definition) is 5. The summed E-state index contributed by atoms with van der Waals surface area (Å²) in [6.07, 6.45) is 5.67. The number of nitrogens with one attached hydrogen (secondary N) is 2. The average Bonchev–Trinajstić information content (AvgIpc) is 3.28. The Labute approximate surface area is 181 Å². The lowest BCUT2D eigenvalue weighted by molar-refractivity contribution is -0.131. The van der Waals surface area contributed by atoms with E-state index in [1.54, 1.807) is 18.5 Å². The number of carbonyl (C=O) groups excluding carboxylic acids is 2. The molecule has 1 aromatic carbocycles. The summed E-state index contributed by atoms with van der Waals surface area (Å²) < 4.78 is 5.25. The van der Waals surface area contributed by atoms with Gasteiger partial charge in [0.05, 0.1) is 6.04 Å². The Balaban J connectivity index is 1.40. The Kier molecular flexibility index (Phi) is 8.62. The van der Waals surface area contributed by atoms with Crippen LogP contribution in [0.15, 0.2) is 48.8 Å². The number of carbonyl (C=O) groups is 2. The third kappa shape index (κ3) is 7.09. The topological polar surface area (TPSA) is 83.6 Å². The van der Waals surface area contributed by atoms with Gasteiger partial charge in [0.1, 0.15) is 13.2 Å². The number of amides is 2. The minimum Gasteiger partial charge on any atom is -0.362 e. The molecule has 7 nitrogen and oxygen atoms in total. The molecule has 30 heavy (non-hydrogen) atoms. The van der Waals surface area contributed by atoms with Crippen molar-refractivity contribution >= 4 is 23.4 Å². The van der Waals surface area contributed by atoms with Crippen LogP contribution in [-0.2, 0) is 20.9 Å². The van der Waals surface area contributed by atoms with Gasteiger partial charge in [-0.2, -0.15) is 0 Å². The molecule has 8 heteroatoms. The van der Waals surface area contributed by atoms with E-state index in [2.05, 4.69) is 20.5 Å². The van der Waals surface area contributed by atoms with Crippen molar-refractivity contribution in [1.29, 1.82) is 0 Å².